The number of allylic oxidation sites excluding steroid dienone is 1. The van der Waals surface area contributed by atoms with Crippen molar-refractivity contribution in [3.05, 3.63) is 95.5 Å². The van der Waals surface area contributed by atoms with Crippen LogP contribution in [0, 0.1) is 13.8 Å². The Kier molecular flexibility index (Phi) is 3.48. The number of aryl methyl sites for hydroxylation is 2. The van der Waals surface area contributed by atoms with Crippen LogP contribution < -0.4 is 10.2 Å². The van der Waals surface area contributed by atoms with Gasteiger partial charge in [0.15, 0.2) is 0 Å². The van der Waals surface area contributed by atoms with E-state index < -0.39 is 0 Å². The summed E-state index contributed by atoms with van der Waals surface area (Å²) in [5.41, 5.74) is 12.8. The van der Waals surface area contributed by atoms with Crippen molar-refractivity contribution in [2.45, 2.75) is 20.8 Å². The molecule has 0 aliphatic carbocycles. The molecule has 3 aromatic carbocycles. The maximum atomic E-state index is 3.36. The lowest BCUT2D eigenvalue weighted by Gasteiger charge is -2.36. The van der Waals surface area contributed by atoms with E-state index in [-0.39, 0.29) is 0 Å². The van der Waals surface area contributed by atoms with E-state index in [0.29, 0.717) is 0 Å². The number of hydrogen-bond acceptors (Lipinski definition) is 2. The fourth-order valence-electron chi connectivity index (χ4n) is 4.40. The van der Waals surface area contributed by atoms with Gasteiger partial charge in [0.25, 0.3) is 0 Å². The zero-order chi connectivity index (χ0) is 18.5. The average Bonchev–Trinajstić information content (AvgIpc) is 2.68. The van der Waals surface area contributed by atoms with Crippen LogP contribution >= 0.6 is 0 Å². The summed E-state index contributed by atoms with van der Waals surface area (Å²) in [6, 6.07) is 22.1. The summed E-state index contributed by atoms with van der Waals surface area (Å²) in [4.78, 5) is 2.30. The molecule has 0 saturated heterocycles. The van der Waals surface area contributed by atoms with Crippen LogP contribution in [0.4, 0.5) is 5.69 Å². The molecule has 2 heteroatoms. The van der Waals surface area contributed by atoms with Crippen LogP contribution in [0.5, 0.6) is 0 Å². The summed E-state index contributed by atoms with van der Waals surface area (Å²) in [5.74, 6) is 0. The van der Waals surface area contributed by atoms with Gasteiger partial charge >= 0.3 is 0 Å². The lowest BCUT2D eigenvalue weighted by Crippen LogP contribution is -2.27. The first-order chi connectivity index (χ1) is 13.1. The second-order valence-corrected chi connectivity index (χ2v) is 7.35. The van der Waals surface area contributed by atoms with Crippen LogP contribution in [0.2, 0.25) is 0 Å². The Balaban J connectivity index is 1.79. The minimum Gasteiger partial charge on any atom is -0.362 e. The van der Waals surface area contributed by atoms with E-state index in [0.717, 1.165) is 0 Å². The van der Waals surface area contributed by atoms with Crippen LogP contribution in [0.15, 0.2) is 78.8 Å². The van der Waals surface area contributed by atoms with Crippen LogP contribution in [0.1, 0.15) is 23.6 Å². The van der Waals surface area contributed by atoms with Gasteiger partial charge in [-0.25, -0.2) is 0 Å². The van der Waals surface area contributed by atoms with Crippen LogP contribution in [-0.2, 0) is 0 Å². The molecule has 27 heavy (non-hydrogen) atoms. The highest BCUT2D eigenvalue weighted by molar-refractivity contribution is 6.02. The maximum Gasteiger partial charge on any atom is 0.0725 e. The molecule has 1 N–H and O–H groups in total. The molecule has 0 saturated carbocycles. The van der Waals surface area contributed by atoms with Gasteiger partial charge in [0.05, 0.1) is 11.4 Å². The maximum absolute atomic E-state index is 3.36. The second kappa shape index (κ2) is 5.88. The molecular formula is C25H22N2. The minimum absolute atomic E-state index is 1.18. The zero-order valence-corrected chi connectivity index (χ0v) is 15.9. The lowest BCUT2D eigenvalue weighted by molar-refractivity contribution is 1.00. The first kappa shape index (κ1) is 16.0. The molecule has 0 aromatic heterocycles. The number of rotatable bonds is 1. The summed E-state index contributed by atoms with van der Waals surface area (Å²) in [6.45, 7) is 6.52. The van der Waals surface area contributed by atoms with E-state index in [4.69, 9.17) is 0 Å². The lowest BCUT2D eigenvalue weighted by atomic mass is 9.87. The van der Waals surface area contributed by atoms with Crippen molar-refractivity contribution in [3.8, 4) is 22.3 Å². The number of nitrogens with one attached hydrogen (secondary N) is 1. The topological polar surface area (TPSA) is 15.3 Å². The Labute approximate surface area is 160 Å². The first-order valence-electron chi connectivity index (χ1n) is 9.39. The molecule has 0 spiro atoms. The van der Waals surface area contributed by atoms with E-state index in [1.54, 1.807) is 0 Å². The Morgan fingerprint density at radius 2 is 1.48 bits per heavy atom. The molecular weight excluding hydrogens is 328 g/mol. The molecule has 0 bridgehead atoms. The first-order valence-corrected chi connectivity index (χ1v) is 9.39. The van der Waals surface area contributed by atoms with Crippen molar-refractivity contribution in [1.82, 2.24) is 5.32 Å². The zero-order valence-electron chi connectivity index (χ0n) is 15.9. The van der Waals surface area contributed by atoms with Crippen molar-refractivity contribution >= 4 is 11.4 Å². The van der Waals surface area contributed by atoms with Gasteiger partial charge in [0.2, 0.25) is 0 Å². The van der Waals surface area contributed by atoms with Gasteiger partial charge in [-0.15, -0.1) is 0 Å². The standard InChI is InChI=1S/C25H22N2/c1-16-7-6-8-17(2)24(16)19-11-12-23-22(15-19)20-9-4-5-10-21(20)25-18(3)26-13-14-27(23)25/h4-15,26H,1-3H3. The van der Waals surface area contributed by atoms with E-state index >= 15 is 0 Å². The fraction of sp³-hybridized carbons (Fsp3) is 0.120. The summed E-state index contributed by atoms with van der Waals surface area (Å²) in [6.07, 6.45) is 4.13. The molecule has 5 rings (SSSR count). The van der Waals surface area contributed by atoms with Gasteiger partial charge in [0, 0.05) is 29.2 Å². The Bertz CT molecular complexity index is 1110. The van der Waals surface area contributed by atoms with Crippen LogP contribution in [0.3, 0.4) is 0 Å². The molecule has 132 valence electrons. The number of benzene rings is 3. The van der Waals surface area contributed by atoms with Crippen molar-refractivity contribution in [2.24, 2.45) is 0 Å². The minimum atomic E-state index is 1.18. The van der Waals surface area contributed by atoms with Crippen molar-refractivity contribution in [3.63, 3.8) is 0 Å². The second-order valence-electron chi connectivity index (χ2n) is 7.35. The molecule has 3 aromatic rings. The normalized spacial score (nSPS) is 14.4. The highest BCUT2D eigenvalue weighted by Crippen LogP contribution is 2.47. The quantitative estimate of drug-likeness (QED) is 0.560. The molecule has 2 nitrogen and oxygen atoms in total. The highest BCUT2D eigenvalue weighted by Gasteiger charge is 2.28. The Morgan fingerprint density at radius 1 is 0.741 bits per heavy atom. The third-order valence-electron chi connectivity index (χ3n) is 5.62. The molecule has 0 radical (unpaired) electrons. The summed E-state index contributed by atoms with van der Waals surface area (Å²) in [7, 11) is 0. The number of hydrogen-bond donors (Lipinski definition) is 1. The Hall–Kier alpha value is -3.26. The van der Waals surface area contributed by atoms with Gasteiger partial charge in [-0.05, 0) is 60.7 Å². The van der Waals surface area contributed by atoms with Crippen molar-refractivity contribution in [2.75, 3.05) is 4.90 Å². The van der Waals surface area contributed by atoms with Gasteiger partial charge in [0.1, 0.15) is 0 Å². The van der Waals surface area contributed by atoms with Crippen molar-refractivity contribution in [1.29, 1.82) is 0 Å². The molecule has 0 fully saturated rings. The third-order valence-corrected chi connectivity index (χ3v) is 5.62. The molecule has 2 heterocycles. The van der Waals surface area contributed by atoms with Gasteiger partial charge in [-0.3, -0.25) is 0 Å². The van der Waals surface area contributed by atoms with E-state index in [1.165, 1.54) is 56.0 Å². The molecule has 0 atom stereocenters. The predicted molar refractivity (Wildman–Crippen MR) is 114 cm³/mol. The van der Waals surface area contributed by atoms with E-state index in [1.807, 2.05) is 6.20 Å². The largest absolute Gasteiger partial charge is 0.362 e. The smallest absolute Gasteiger partial charge is 0.0725 e. The number of anilines is 1. The average molecular weight is 350 g/mol. The van der Waals surface area contributed by atoms with Gasteiger partial charge in [-0.2, -0.15) is 0 Å². The van der Waals surface area contributed by atoms with Gasteiger partial charge in [-0.1, -0.05) is 48.5 Å². The summed E-state index contributed by atoms with van der Waals surface area (Å²) < 4.78 is 0. The van der Waals surface area contributed by atoms with Crippen LogP contribution in [0.25, 0.3) is 28.0 Å². The number of fused-ring (bicyclic) bond motifs is 6. The molecule has 0 amide bonds. The highest BCUT2D eigenvalue weighted by atomic mass is 15.2. The number of nitrogens with zero attached hydrogens (tertiary/aromatic N) is 1. The third kappa shape index (κ3) is 2.33. The molecule has 2 aliphatic rings. The van der Waals surface area contributed by atoms with Crippen LogP contribution in [-0.4, -0.2) is 0 Å². The Morgan fingerprint density at radius 3 is 2.26 bits per heavy atom. The summed E-state index contributed by atoms with van der Waals surface area (Å²) >= 11 is 0. The summed E-state index contributed by atoms with van der Waals surface area (Å²) in [5, 5.41) is 3.36. The monoisotopic (exact) mass is 350 g/mol. The molecule has 2 aliphatic heterocycles. The SMILES string of the molecule is CC1=C2c3ccccc3-c3cc(-c4c(C)cccc4C)ccc3N2C=CN1. The van der Waals surface area contributed by atoms with Crippen molar-refractivity contribution < 1.29 is 0 Å². The van der Waals surface area contributed by atoms with E-state index in [9.17, 15) is 0 Å². The van der Waals surface area contributed by atoms with Gasteiger partial charge < -0.3 is 10.2 Å². The van der Waals surface area contributed by atoms with E-state index in [2.05, 4.69) is 97.9 Å². The molecule has 0 unspecified atom stereocenters. The predicted octanol–water partition coefficient (Wildman–Crippen LogP) is 6.22. The fourth-order valence-corrected chi connectivity index (χ4v) is 4.40.